The van der Waals surface area contributed by atoms with Crippen molar-refractivity contribution < 1.29 is 4.74 Å². The summed E-state index contributed by atoms with van der Waals surface area (Å²) in [6.07, 6.45) is 1.82. The van der Waals surface area contributed by atoms with Crippen LogP contribution in [-0.4, -0.2) is 27.7 Å². The molecule has 25 heavy (non-hydrogen) atoms. The summed E-state index contributed by atoms with van der Waals surface area (Å²) in [5.41, 5.74) is 2.94. The molecule has 3 heterocycles. The minimum atomic E-state index is 0.472. The molecule has 2 aromatic carbocycles. The third kappa shape index (κ3) is 2.45. The van der Waals surface area contributed by atoms with Gasteiger partial charge in [-0.1, -0.05) is 41.9 Å². The van der Waals surface area contributed by atoms with E-state index in [-0.39, 0.29) is 0 Å². The van der Waals surface area contributed by atoms with Crippen molar-refractivity contribution in [1.29, 1.82) is 0 Å². The number of ether oxygens (including phenoxy) is 1. The first-order chi connectivity index (χ1) is 12.3. The van der Waals surface area contributed by atoms with E-state index in [1.54, 1.807) is 4.68 Å². The highest BCUT2D eigenvalue weighted by Crippen LogP contribution is 2.45. The second-order valence-electron chi connectivity index (χ2n) is 5.61. The van der Waals surface area contributed by atoms with E-state index in [9.17, 15) is 0 Å². The van der Waals surface area contributed by atoms with Crippen molar-refractivity contribution in [3.8, 4) is 17.1 Å². The van der Waals surface area contributed by atoms with Crippen LogP contribution in [0.4, 0.5) is 0 Å². The minimum absolute atomic E-state index is 0.472. The smallest absolute Gasteiger partial charge is 0.217 e. The van der Waals surface area contributed by atoms with Crippen LogP contribution >= 0.6 is 23.4 Å². The van der Waals surface area contributed by atoms with Gasteiger partial charge in [-0.2, -0.15) is 9.78 Å². The van der Waals surface area contributed by atoms with Crippen LogP contribution in [0, 0.1) is 0 Å². The third-order valence-electron chi connectivity index (χ3n) is 4.03. The molecule has 0 saturated carbocycles. The number of nitrogens with zero attached hydrogens (tertiary/aromatic N) is 4. The first-order valence-corrected chi connectivity index (χ1v) is 8.88. The molecule has 0 spiro atoms. The van der Waals surface area contributed by atoms with Gasteiger partial charge in [-0.3, -0.25) is 0 Å². The Kier molecular flexibility index (Phi) is 3.39. The molecule has 122 valence electrons. The molecule has 7 heteroatoms. The molecule has 2 aliphatic heterocycles. The monoisotopic (exact) mass is 366 g/mol. The van der Waals surface area contributed by atoms with E-state index < -0.39 is 0 Å². The van der Waals surface area contributed by atoms with Crippen LogP contribution in [0.3, 0.4) is 0 Å². The predicted octanol–water partition coefficient (Wildman–Crippen LogP) is 4.34. The summed E-state index contributed by atoms with van der Waals surface area (Å²) in [7, 11) is 0. The lowest BCUT2D eigenvalue weighted by molar-refractivity contribution is 0.353. The van der Waals surface area contributed by atoms with Crippen molar-refractivity contribution >= 4 is 34.5 Å². The van der Waals surface area contributed by atoms with Crippen LogP contribution in [0.25, 0.3) is 16.3 Å². The van der Waals surface area contributed by atoms with Gasteiger partial charge in [-0.25, -0.2) is 0 Å². The lowest BCUT2D eigenvalue weighted by Gasteiger charge is -2.20. The Hall–Kier alpha value is -2.57. The van der Waals surface area contributed by atoms with Crippen molar-refractivity contribution in [3.63, 3.8) is 0 Å². The largest absolute Gasteiger partial charge is 0.488 e. The molecule has 0 atom stereocenters. The minimum Gasteiger partial charge on any atom is -0.488 e. The van der Waals surface area contributed by atoms with Gasteiger partial charge in [0.05, 0.1) is 6.21 Å². The Morgan fingerprint density at radius 1 is 1.08 bits per heavy atom. The average molecular weight is 367 g/mol. The lowest BCUT2D eigenvalue weighted by atomic mass is 10.1. The quantitative estimate of drug-likeness (QED) is 0.642. The second-order valence-corrected chi connectivity index (χ2v) is 7.03. The highest BCUT2D eigenvalue weighted by atomic mass is 35.5. The highest BCUT2D eigenvalue weighted by Gasteiger charge is 2.26. The Morgan fingerprint density at radius 3 is 2.84 bits per heavy atom. The Morgan fingerprint density at radius 2 is 1.96 bits per heavy atom. The maximum absolute atomic E-state index is 6.18. The molecule has 3 aromatic rings. The van der Waals surface area contributed by atoms with E-state index in [2.05, 4.69) is 15.3 Å². The van der Waals surface area contributed by atoms with Crippen molar-refractivity contribution in [2.75, 3.05) is 6.61 Å². The predicted molar refractivity (Wildman–Crippen MR) is 99.1 cm³/mol. The molecule has 0 radical (unpaired) electrons. The van der Waals surface area contributed by atoms with Crippen molar-refractivity contribution in [3.05, 3.63) is 64.7 Å². The SMILES string of the molecule is Clc1ccc2c(c1)C1=C(C=Nn3c(nnc3-c3ccccc3)S1)CO2. The van der Waals surface area contributed by atoms with E-state index in [1.807, 2.05) is 54.7 Å². The van der Waals surface area contributed by atoms with Gasteiger partial charge >= 0.3 is 0 Å². The molecule has 0 aliphatic carbocycles. The number of thioether (sulfide) groups is 1. The molecule has 0 unspecified atom stereocenters. The van der Waals surface area contributed by atoms with Gasteiger partial charge in [0, 0.05) is 26.6 Å². The maximum Gasteiger partial charge on any atom is 0.217 e. The van der Waals surface area contributed by atoms with Crippen molar-refractivity contribution in [2.45, 2.75) is 5.16 Å². The van der Waals surface area contributed by atoms with Crippen LogP contribution in [0.2, 0.25) is 5.02 Å². The molecule has 0 fully saturated rings. The topological polar surface area (TPSA) is 52.3 Å². The van der Waals surface area contributed by atoms with E-state index in [4.69, 9.17) is 16.3 Å². The molecule has 0 amide bonds. The first-order valence-electron chi connectivity index (χ1n) is 7.68. The molecule has 5 rings (SSSR count). The molecule has 1 aromatic heterocycles. The number of benzene rings is 2. The van der Waals surface area contributed by atoms with E-state index in [1.165, 1.54) is 11.8 Å². The fraction of sp³-hybridized carbons (Fsp3) is 0.0556. The summed E-state index contributed by atoms with van der Waals surface area (Å²) in [5.74, 6) is 1.53. The number of fused-ring (bicyclic) bond motifs is 3. The summed E-state index contributed by atoms with van der Waals surface area (Å²) in [6.45, 7) is 0.472. The van der Waals surface area contributed by atoms with Gasteiger partial charge in [-0.05, 0) is 30.0 Å². The van der Waals surface area contributed by atoms with Crippen LogP contribution in [0.15, 0.2) is 64.4 Å². The Labute approximate surface area is 153 Å². The summed E-state index contributed by atoms with van der Waals surface area (Å²) in [6, 6.07) is 15.5. The van der Waals surface area contributed by atoms with Crippen LogP contribution < -0.4 is 4.74 Å². The molecular formula is C18H11ClN4OS. The number of rotatable bonds is 1. The van der Waals surface area contributed by atoms with Gasteiger partial charge in [0.15, 0.2) is 5.82 Å². The number of hydrogen-bond donors (Lipinski definition) is 0. The molecule has 5 nitrogen and oxygen atoms in total. The number of halogens is 1. The zero-order valence-electron chi connectivity index (χ0n) is 12.9. The van der Waals surface area contributed by atoms with Crippen molar-refractivity contribution in [1.82, 2.24) is 14.9 Å². The van der Waals surface area contributed by atoms with Gasteiger partial charge in [0.1, 0.15) is 12.4 Å². The summed E-state index contributed by atoms with van der Waals surface area (Å²) >= 11 is 7.71. The van der Waals surface area contributed by atoms with Crippen molar-refractivity contribution in [2.24, 2.45) is 5.10 Å². The summed E-state index contributed by atoms with van der Waals surface area (Å²) in [5, 5.41) is 14.6. The lowest BCUT2D eigenvalue weighted by Crippen LogP contribution is -2.10. The van der Waals surface area contributed by atoms with Gasteiger partial charge in [0.2, 0.25) is 5.16 Å². The van der Waals surface area contributed by atoms with Crippen LogP contribution in [0.1, 0.15) is 5.56 Å². The third-order valence-corrected chi connectivity index (χ3v) is 5.39. The molecular weight excluding hydrogens is 356 g/mol. The molecule has 0 N–H and O–H groups in total. The summed E-state index contributed by atoms with van der Waals surface area (Å²) in [4.78, 5) is 1.05. The molecule has 0 saturated heterocycles. The zero-order chi connectivity index (χ0) is 16.8. The average Bonchev–Trinajstić information content (AvgIpc) is 2.95. The molecule has 0 bridgehead atoms. The van der Waals surface area contributed by atoms with Gasteiger partial charge in [-0.15, -0.1) is 10.2 Å². The standard InChI is InChI=1S/C18H11ClN4OS/c19-13-6-7-15-14(8-13)16-12(10-24-15)9-20-23-17(21-22-18(23)25-16)11-4-2-1-3-5-11/h1-9H,10H2. The van der Waals surface area contributed by atoms with E-state index in [0.29, 0.717) is 22.6 Å². The van der Waals surface area contributed by atoms with Crippen LogP contribution in [-0.2, 0) is 0 Å². The van der Waals surface area contributed by atoms with E-state index in [0.717, 1.165) is 27.4 Å². The van der Waals surface area contributed by atoms with E-state index >= 15 is 0 Å². The summed E-state index contributed by atoms with van der Waals surface area (Å²) < 4.78 is 7.59. The van der Waals surface area contributed by atoms with Gasteiger partial charge in [0.25, 0.3) is 0 Å². The zero-order valence-corrected chi connectivity index (χ0v) is 14.5. The number of aromatic nitrogens is 3. The maximum atomic E-state index is 6.18. The fourth-order valence-corrected chi connectivity index (χ4v) is 4.00. The number of hydrogen-bond acceptors (Lipinski definition) is 5. The first kappa shape index (κ1) is 14.7. The fourth-order valence-electron chi connectivity index (χ4n) is 2.84. The second kappa shape index (κ2) is 5.75. The van der Waals surface area contributed by atoms with Crippen LogP contribution in [0.5, 0.6) is 5.75 Å². The Bertz CT molecular complexity index is 1040. The van der Waals surface area contributed by atoms with Gasteiger partial charge < -0.3 is 4.74 Å². The molecule has 2 aliphatic rings. The Balaban J connectivity index is 1.62. The normalized spacial score (nSPS) is 15.1. The highest BCUT2D eigenvalue weighted by molar-refractivity contribution is 8.08.